The summed E-state index contributed by atoms with van der Waals surface area (Å²) in [7, 11) is -1.22. The fourth-order valence-corrected chi connectivity index (χ4v) is 1.41. The molecule has 14 heavy (non-hydrogen) atoms. The van der Waals surface area contributed by atoms with Crippen LogP contribution in [-0.2, 0) is 11.3 Å². The highest BCUT2D eigenvalue weighted by Crippen LogP contribution is 2.15. The maximum absolute atomic E-state index is 13.2. The second-order valence-electron chi connectivity index (χ2n) is 2.99. The summed E-state index contributed by atoms with van der Waals surface area (Å²) in [5.74, 6) is -1.89. The van der Waals surface area contributed by atoms with Gasteiger partial charge in [-0.15, -0.1) is 0 Å². The van der Waals surface area contributed by atoms with Crippen molar-refractivity contribution in [1.29, 1.82) is 0 Å². The molecule has 1 aromatic carbocycles. The Balaban J connectivity index is 2.58. The summed E-state index contributed by atoms with van der Waals surface area (Å²) in [5, 5.41) is 17.9. The van der Waals surface area contributed by atoms with E-state index in [2.05, 4.69) is 0 Å². The highest BCUT2D eigenvalue weighted by atomic mass is 19.1. The molecule has 0 amide bonds. The highest BCUT2D eigenvalue weighted by Gasteiger charge is 2.30. The van der Waals surface area contributed by atoms with Gasteiger partial charge in [-0.3, -0.25) is 0 Å². The predicted octanol–water partition coefficient (Wildman–Crippen LogP) is -0.258. The predicted molar refractivity (Wildman–Crippen MR) is 45.8 cm³/mol. The number of carboxylic acids is 1. The molecule has 1 aromatic rings. The molecule has 0 radical (unpaired) electrons. The van der Waals surface area contributed by atoms with Crippen molar-refractivity contribution in [3.8, 4) is 0 Å². The van der Waals surface area contributed by atoms with Crippen LogP contribution in [0.1, 0.15) is 15.9 Å². The molecular formula is C8H6BFO4. The van der Waals surface area contributed by atoms with E-state index in [0.29, 0.717) is 0 Å². The Morgan fingerprint density at radius 3 is 2.93 bits per heavy atom. The minimum absolute atomic E-state index is 0.0256. The lowest BCUT2D eigenvalue weighted by Gasteiger charge is -2.01. The van der Waals surface area contributed by atoms with Gasteiger partial charge in [-0.05, 0) is 17.6 Å². The van der Waals surface area contributed by atoms with Crippen LogP contribution in [0.5, 0.6) is 0 Å². The fraction of sp³-hybridized carbons (Fsp3) is 0.125. The number of carbonyl (C=O) groups is 1. The van der Waals surface area contributed by atoms with E-state index in [0.717, 1.165) is 6.07 Å². The monoisotopic (exact) mass is 196 g/mol. The van der Waals surface area contributed by atoms with Gasteiger partial charge in [0.15, 0.2) is 0 Å². The van der Waals surface area contributed by atoms with E-state index in [1.165, 1.54) is 6.07 Å². The normalized spacial score (nSPS) is 14.3. The minimum Gasteiger partial charge on any atom is -0.478 e. The Morgan fingerprint density at radius 2 is 2.29 bits per heavy atom. The van der Waals surface area contributed by atoms with Crippen LogP contribution in [0.3, 0.4) is 0 Å². The Hall–Kier alpha value is -1.40. The Morgan fingerprint density at radius 1 is 1.57 bits per heavy atom. The maximum Gasteiger partial charge on any atom is 0.491 e. The van der Waals surface area contributed by atoms with E-state index in [1.54, 1.807) is 0 Å². The smallest absolute Gasteiger partial charge is 0.478 e. The zero-order valence-corrected chi connectivity index (χ0v) is 7.03. The zero-order valence-electron chi connectivity index (χ0n) is 7.03. The van der Waals surface area contributed by atoms with Crippen LogP contribution in [0.2, 0.25) is 0 Å². The summed E-state index contributed by atoms with van der Waals surface area (Å²) >= 11 is 0. The summed E-state index contributed by atoms with van der Waals surface area (Å²) in [4.78, 5) is 10.6. The van der Waals surface area contributed by atoms with Gasteiger partial charge in [-0.1, -0.05) is 0 Å². The van der Waals surface area contributed by atoms with Crippen molar-refractivity contribution in [2.75, 3.05) is 0 Å². The highest BCUT2D eigenvalue weighted by molar-refractivity contribution is 6.61. The Labute approximate surface area is 79.1 Å². The van der Waals surface area contributed by atoms with Crippen LogP contribution in [0.15, 0.2) is 12.1 Å². The topological polar surface area (TPSA) is 66.8 Å². The van der Waals surface area contributed by atoms with Crippen molar-refractivity contribution < 1.29 is 24.0 Å². The average Bonchev–Trinajstić information content (AvgIpc) is 2.48. The first-order valence-electron chi connectivity index (χ1n) is 3.95. The van der Waals surface area contributed by atoms with Gasteiger partial charge in [0.25, 0.3) is 0 Å². The molecule has 0 saturated heterocycles. The quantitative estimate of drug-likeness (QED) is 0.607. The van der Waals surface area contributed by atoms with E-state index in [-0.39, 0.29) is 23.2 Å². The number of benzene rings is 1. The first kappa shape index (κ1) is 9.17. The number of fused-ring (bicyclic) bond motifs is 1. The summed E-state index contributed by atoms with van der Waals surface area (Å²) in [6.45, 7) is -0.0256. The molecule has 0 aliphatic carbocycles. The fourth-order valence-electron chi connectivity index (χ4n) is 1.41. The molecule has 1 aliphatic heterocycles. The van der Waals surface area contributed by atoms with Gasteiger partial charge in [0.05, 0.1) is 12.2 Å². The molecule has 0 saturated carbocycles. The van der Waals surface area contributed by atoms with E-state index >= 15 is 0 Å². The van der Waals surface area contributed by atoms with E-state index in [1.807, 2.05) is 0 Å². The molecule has 6 heteroatoms. The molecule has 0 atom stereocenters. The average molecular weight is 196 g/mol. The number of rotatable bonds is 1. The maximum atomic E-state index is 13.2. The molecule has 72 valence electrons. The summed E-state index contributed by atoms with van der Waals surface area (Å²) in [5.41, 5.74) is 0.232. The first-order valence-corrected chi connectivity index (χ1v) is 3.95. The van der Waals surface area contributed by atoms with Crippen molar-refractivity contribution in [3.63, 3.8) is 0 Å². The number of hydrogen-bond acceptors (Lipinski definition) is 3. The van der Waals surface area contributed by atoms with Crippen LogP contribution in [0, 0.1) is 5.82 Å². The molecule has 0 fully saturated rings. The molecule has 2 N–H and O–H groups in total. The second kappa shape index (κ2) is 3.07. The van der Waals surface area contributed by atoms with Crippen LogP contribution < -0.4 is 5.46 Å². The molecule has 0 spiro atoms. The number of halogens is 1. The van der Waals surface area contributed by atoms with Gasteiger partial charge in [0, 0.05) is 5.56 Å². The zero-order chi connectivity index (χ0) is 10.3. The molecule has 0 bridgehead atoms. The van der Waals surface area contributed by atoms with Gasteiger partial charge in [-0.25, -0.2) is 9.18 Å². The molecule has 1 heterocycles. The van der Waals surface area contributed by atoms with E-state index in [9.17, 15) is 14.2 Å². The molecule has 0 unspecified atom stereocenters. The van der Waals surface area contributed by atoms with Crippen molar-refractivity contribution in [3.05, 3.63) is 29.1 Å². The third-order valence-electron chi connectivity index (χ3n) is 2.13. The molecule has 4 nitrogen and oxygen atoms in total. The van der Waals surface area contributed by atoms with Crippen molar-refractivity contribution in [1.82, 2.24) is 0 Å². The lowest BCUT2D eigenvalue weighted by Crippen LogP contribution is -2.29. The van der Waals surface area contributed by atoms with Crippen LogP contribution in [0.4, 0.5) is 4.39 Å². The van der Waals surface area contributed by atoms with E-state index in [4.69, 9.17) is 9.76 Å². The number of hydrogen-bond donors (Lipinski definition) is 2. The van der Waals surface area contributed by atoms with Gasteiger partial charge in [-0.2, -0.15) is 0 Å². The summed E-state index contributed by atoms with van der Waals surface area (Å²) in [6, 6.07) is 2.14. The van der Waals surface area contributed by atoms with Gasteiger partial charge in [0.1, 0.15) is 5.82 Å². The third-order valence-corrected chi connectivity index (χ3v) is 2.13. The summed E-state index contributed by atoms with van der Waals surface area (Å²) in [6.07, 6.45) is 0. The van der Waals surface area contributed by atoms with Gasteiger partial charge in [0.2, 0.25) is 0 Å². The molecule has 2 rings (SSSR count). The Kier molecular flexibility index (Phi) is 2.01. The molecule has 0 aromatic heterocycles. The third kappa shape index (κ3) is 1.28. The van der Waals surface area contributed by atoms with E-state index < -0.39 is 18.9 Å². The lowest BCUT2D eigenvalue weighted by molar-refractivity contribution is 0.0696. The molecular weight excluding hydrogens is 190 g/mol. The lowest BCUT2D eigenvalue weighted by atomic mass is 9.78. The molecule has 1 aliphatic rings. The number of carboxylic acid groups (broad SMARTS) is 1. The van der Waals surface area contributed by atoms with Gasteiger partial charge < -0.3 is 14.8 Å². The van der Waals surface area contributed by atoms with Crippen molar-refractivity contribution in [2.24, 2.45) is 0 Å². The van der Waals surface area contributed by atoms with Crippen molar-refractivity contribution in [2.45, 2.75) is 6.61 Å². The van der Waals surface area contributed by atoms with Crippen molar-refractivity contribution >= 4 is 18.6 Å². The SMILES string of the molecule is O=C(O)c1cc(F)c2c(c1)B(O)OC2. The number of aromatic carboxylic acids is 1. The van der Waals surface area contributed by atoms with Crippen LogP contribution >= 0.6 is 0 Å². The summed E-state index contributed by atoms with van der Waals surface area (Å²) < 4.78 is 18.0. The first-order chi connectivity index (χ1) is 6.59. The van der Waals surface area contributed by atoms with Crippen LogP contribution in [-0.4, -0.2) is 23.2 Å². The van der Waals surface area contributed by atoms with Gasteiger partial charge >= 0.3 is 13.1 Å². The minimum atomic E-state index is -1.23. The largest absolute Gasteiger partial charge is 0.491 e. The standard InChI is InChI=1S/C8H6BFO4/c10-7-2-4(8(11)12)1-6-5(7)3-14-9(6)13/h1-2,13H,3H2,(H,11,12). The Bertz CT molecular complexity index is 407. The van der Waals surface area contributed by atoms with Crippen LogP contribution in [0.25, 0.3) is 0 Å². The second-order valence-corrected chi connectivity index (χ2v) is 2.99.